The van der Waals surface area contributed by atoms with Crippen LogP contribution in [0.25, 0.3) is 0 Å². The lowest BCUT2D eigenvalue weighted by atomic mass is 10.0. The second kappa shape index (κ2) is 7.04. The molecule has 2 rings (SSSR count). The summed E-state index contributed by atoms with van der Waals surface area (Å²) in [6.45, 7) is 5.18. The summed E-state index contributed by atoms with van der Waals surface area (Å²) in [7, 11) is 2.02. The Morgan fingerprint density at radius 1 is 1.30 bits per heavy atom. The van der Waals surface area contributed by atoms with E-state index >= 15 is 0 Å². The molecule has 4 heteroatoms. The van der Waals surface area contributed by atoms with Crippen molar-refractivity contribution in [3.05, 3.63) is 51.8 Å². The zero-order chi connectivity index (χ0) is 14.5. The van der Waals surface area contributed by atoms with Crippen LogP contribution in [0, 0.1) is 6.92 Å². The van der Waals surface area contributed by atoms with Crippen molar-refractivity contribution >= 4 is 15.9 Å². The third kappa shape index (κ3) is 4.18. The molecule has 0 aliphatic rings. The maximum absolute atomic E-state index is 4.43. The van der Waals surface area contributed by atoms with E-state index in [-0.39, 0.29) is 0 Å². The lowest BCUT2D eigenvalue weighted by Gasteiger charge is -2.18. The lowest BCUT2D eigenvalue weighted by Crippen LogP contribution is -2.33. The zero-order valence-corrected chi connectivity index (χ0v) is 13.9. The first-order chi connectivity index (χ1) is 9.58. The summed E-state index contributed by atoms with van der Waals surface area (Å²) >= 11 is 3.54. The Hall–Kier alpha value is -1.13. The van der Waals surface area contributed by atoms with Gasteiger partial charge in [0.05, 0.1) is 5.69 Å². The molecule has 108 valence electrons. The average molecular weight is 336 g/mol. The van der Waals surface area contributed by atoms with Gasteiger partial charge in [0.15, 0.2) is 0 Å². The molecule has 1 aromatic heterocycles. The molecule has 0 spiro atoms. The smallest absolute Gasteiger partial charge is 0.0596 e. The highest BCUT2D eigenvalue weighted by atomic mass is 79.9. The second-order valence-electron chi connectivity index (χ2n) is 5.19. The SMILES string of the molecule is CCNC(Cc1cccc(Br)c1)Cc1cc(C)nn1C. The fraction of sp³-hybridized carbons (Fsp3) is 0.438. The summed E-state index contributed by atoms with van der Waals surface area (Å²) < 4.78 is 3.13. The predicted octanol–water partition coefficient (Wildman–Crippen LogP) is 3.25. The molecule has 1 unspecified atom stereocenters. The molecular formula is C16H22BrN3. The number of aryl methyl sites for hydroxylation is 2. The van der Waals surface area contributed by atoms with Gasteiger partial charge in [0.1, 0.15) is 0 Å². The normalized spacial score (nSPS) is 12.6. The van der Waals surface area contributed by atoms with Crippen molar-refractivity contribution in [1.82, 2.24) is 15.1 Å². The fourth-order valence-electron chi connectivity index (χ4n) is 2.56. The molecule has 3 nitrogen and oxygen atoms in total. The first-order valence-electron chi connectivity index (χ1n) is 7.06. The Labute approximate surface area is 129 Å². The van der Waals surface area contributed by atoms with E-state index in [2.05, 4.69) is 63.6 Å². The highest BCUT2D eigenvalue weighted by molar-refractivity contribution is 9.10. The number of aromatic nitrogens is 2. The highest BCUT2D eigenvalue weighted by Crippen LogP contribution is 2.15. The van der Waals surface area contributed by atoms with Gasteiger partial charge in [0, 0.05) is 29.7 Å². The summed E-state index contributed by atoms with van der Waals surface area (Å²) in [5, 5.41) is 8.01. The number of halogens is 1. The van der Waals surface area contributed by atoms with Crippen molar-refractivity contribution in [1.29, 1.82) is 0 Å². The van der Waals surface area contributed by atoms with Crippen LogP contribution in [0.5, 0.6) is 0 Å². The number of hydrogen-bond acceptors (Lipinski definition) is 2. The predicted molar refractivity (Wildman–Crippen MR) is 87.0 cm³/mol. The third-order valence-electron chi connectivity index (χ3n) is 3.42. The minimum absolute atomic E-state index is 0.434. The van der Waals surface area contributed by atoms with E-state index in [1.165, 1.54) is 11.3 Å². The van der Waals surface area contributed by atoms with Crippen LogP contribution in [-0.4, -0.2) is 22.4 Å². The van der Waals surface area contributed by atoms with E-state index < -0.39 is 0 Å². The molecule has 0 fully saturated rings. The first-order valence-corrected chi connectivity index (χ1v) is 7.85. The number of benzene rings is 1. The van der Waals surface area contributed by atoms with Crippen LogP contribution in [-0.2, 0) is 19.9 Å². The zero-order valence-electron chi connectivity index (χ0n) is 12.4. The Balaban J connectivity index is 2.09. The summed E-state index contributed by atoms with van der Waals surface area (Å²) in [6, 6.07) is 11.1. The molecule has 0 aliphatic carbocycles. The van der Waals surface area contributed by atoms with Crippen molar-refractivity contribution < 1.29 is 0 Å². The number of rotatable bonds is 6. The average Bonchev–Trinajstić information content (AvgIpc) is 2.68. The van der Waals surface area contributed by atoms with Crippen molar-refractivity contribution in [3.63, 3.8) is 0 Å². The summed E-state index contributed by atoms with van der Waals surface area (Å²) in [4.78, 5) is 0. The van der Waals surface area contributed by atoms with Crippen LogP contribution in [0.15, 0.2) is 34.8 Å². The molecule has 0 saturated heterocycles. The molecule has 1 atom stereocenters. The molecule has 1 aromatic carbocycles. The van der Waals surface area contributed by atoms with Gasteiger partial charge >= 0.3 is 0 Å². The summed E-state index contributed by atoms with van der Waals surface area (Å²) in [5.74, 6) is 0. The lowest BCUT2D eigenvalue weighted by molar-refractivity contribution is 0.504. The molecule has 20 heavy (non-hydrogen) atoms. The number of likely N-dealkylation sites (N-methyl/N-ethyl adjacent to an activating group) is 1. The number of nitrogens with zero attached hydrogens (tertiary/aromatic N) is 2. The molecule has 0 radical (unpaired) electrons. The van der Waals surface area contributed by atoms with Crippen LogP contribution < -0.4 is 5.32 Å². The maximum atomic E-state index is 4.43. The van der Waals surface area contributed by atoms with Gasteiger partial charge in [-0.1, -0.05) is 35.0 Å². The van der Waals surface area contributed by atoms with Crippen LogP contribution in [0.3, 0.4) is 0 Å². The molecule has 0 saturated carbocycles. The summed E-state index contributed by atoms with van der Waals surface area (Å²) in [6.07, 6.45) is 2.02. The van der Waals surface area contributed by atoms with Crippen LogP contribution in [0.2, 0.25) is 0 Å². The Kier molecular flexibility index (Phi) is 5.38. The quantitative estimate of drug-likeness (QED) is 0.878. The molecule has 1 N–H and O–H groups in total. The van der Waals surface area contributed by atoms with Crippen molar-refractivity contribution in [2.24, 2.45) is 7.05 Å². The number of nitrogens with one attached hydrogen (secondary N) is 1. The largest absolute Gasteiger partial charge is 0.314 e. The molecule has 0 bridgehead atoms. The van der Waals surface area contributed by atoms with E-state index in [9.17, 15) is 0 Å². The van der Waals surface area contributed by atoms with Crippen molar-refractivity contribution in [2.45, 2.75) is 32.7 Å². The Morgan fingerprint density at radius 3 is 2.70 bits per heavy atom. The van der Waals surface area contributed by atoms with Gasteiger partial charge in [-0.15, -0.1) is 0 Å². The second-order valence-corrected chi connectivity index (χ2v) is 6.11. The minimum atomic E-state index is 0.434. The van der Waals surface area contributed by atoms with E-state index in [0.717, 1.165) is 29.6 Å². The first kappa shape index (κ1) is 15.3. The van der Waals surface area contributed by atoms with Crippen molar-refractivity contribution in [2.75, 3.05) is 6.54 Å². The van der Waals surface area contributed by atoms with Crippen LogP contribution in [0.4, 0.5) is 0 Å². The highest BCUT2D eigenvalue weighted by Gasteiger charge is 2.12. The third-order valence-corrected chi connectivity index (χ3v) is 3.91. The molecule has 2 aromatic rings. The van der Waals surface area contributed by atoms with Gasteiger partial charge < -0.3 is 5.32 Å². The number of hydrogen-bond donors (Lipinski definition) is 1. The molecular weight excluding hydrogens is 314 g/mol. The van der Waals surface area contributed by atoms with Gasteiger partial charge in [-0.25, -0.2) is 0 Å². The Morgan fingerprint density at radius 2 is 2.10 bits per heavy atom. The monoisotopic (exact) mass is 335 g/mol. The van der Waals surface area contributed by atoms with Crippen LogP contribution >= 0.6 is 15.9 Å². The van der Waals surface area contributed by atoms with E-state index in [1.54, 1.807) is 0 Å². The standard InChI is InChI=1S/C16H22BrN3/c1-4-18-15(10-13-6-5-7-14(17)9-13)11-16-8-12(2)19-20(16)3/h5-9,15,18H,4,10-11H2,1-3H3. The van der Waals surface area contributed by atoms with Gasteiger partial charge in [-0.05, 0) is 43.7 Å². The molecule has 0 amide bonds. The van der Waals surface area contributed by atoms with Crippen LogP contribution in [0.1, 0.15) is 23.9 Å². The molecule has 1 heterocycles. The van der Waals surface area contributed by atoms with Gasteiger partial charge in [-0.3, -0.25) is 4.68 Å². The van der Waals surface area contributed by atoms with E-state index in [0.29, 0.717) is 6.04 Å². The molecule has 0 aliphatic heterocycles. The van der Waals surface area contributed by atoms with E-state index in [1.807, 2.05) is 18.7 Å². The van der Waals surface area contributed by atoms with Gasteiger partial charge in [0.25, 0.3) is 0 Å². The van der Waals surface area contributed by atoms with Crippen molar-refractivity contribution in [3.8, 4) is 0 Å². The van der Waals surface area contributed by atoms with Gasteiger partial charge in [0.2, 0.25) is 0 Å². The fourth-order valence-corrected chi connectivity index (χ4v) is 3.01. The summed E-state index contributed by atoms with van der Waals surface area (Å²) in [5.41, 5.74) is 3.72. The van der Waals surface area contributed by atoms with Gasteiger partial charge in [-0.2, -0.15) is 5.10 Å². The minimum Gasteiger partial charge on any atom is -0.314 e. The Bertz CT molecular complexity index is 563. The topological polar surface area (TPSA) is 29.9 Å². The van der Waals surface area contributed by atoms with E-state index in [4.69, 9.17) is 0 Å². The maximum Gasteiger partial charge on any atom is 0.0596 e.